The minimum atomic E-state index is -3.61. The molecule has 0 heterocycles. The molecule has 2 aromatic rings. The molecular weight excluding hydrogens is 450 g/mol. The average Bonchev–Trinajstić information content (AvgIpc) is 2.83. The zero-order valence-electron chi connectivity index (χ0n) is 20.7. The van der Waals surface area contributed by atoms with Crippen LogP contribution in [0.3, 0.4) is 0 Å². The highest BCUT2D eigenvalue weighted by Gasteiger charge is 2.27. The normalized spacial score (nSPS) is 12.4. The summed E-state index contributed by atoms with van der Waals surface area (Å²) in [5.74, 6) is -0.355. The van der Waals surface area contributed by atoms with Crippen LogP contribution < -0.4 is 5.32 Å². The van der Waals surface area contributed by atoms with Crippen LogP contribution >= 0.6 is 0 Å². The summed E-state index contributed by atoms with van der Waals surface area (Å²) in [6, 6.07) is 15.4. The number of hydrogen-bond acceptors (Lipinski definition) is 4. The number of aryl methyl sites for hydroxylation is 1. The molecule has 34 heavy (non-hydrogen) atoms. The molecule has 8 heteroatoms. The van der Waals surface area contributed by atoms with Crippen LogP contribution in [-0.2, 0) is 26.2 Å². The zero-order chi connectivity index (χ0) is 25.1. The molecule has 0 aliphatic heterocycles. The van der Waals surface area contributed by atoms with Crippen LogP contribution in [0, 0.1) is 6.92 Å². The lowest BCUT2D eigenvalue weighted by Crippen LogP contribution is -2.48. The van der Waals surface area contributed by atoms with E-state index in [9.17, 15) is 18.0 Å². The Morgan fingerprint density at radius 3 is 2.29 bits per heavy atom. The van der Waals surface area contributed by atoms with Crippen LogP contribution in [0.1, 0.15) is 50.7 Å². The number of unbranched alkanes of at least 4 members (excludes halogenated alkanes) is 1. The lowest BCUT2D eigenvalue weighted by Gasteiger charge is -2.29. The van der Waals surface area contributed by atoms with E-state index in [-0.39, 0.29) is 29.7 Å². The van der Waals surface area contributed by atoms with Gasteiger partial charge in [0.1, 0.15) is 6.04 Å². The third-order valence-corrected chi connectivity index (χ3v) is 7.78. The molecule has 7 nitrogen and oxygen atoms in total. The fourth-order valence-corrected chi connectivity index (χ4v) is 4.81. The van der Waals surface area contributed by atoms with Crippen LogP contribution in [0.4, 0.5) is 0 Å². The summed E-state index contributed by atoms with van der Waals surface area (Å²) < 4.78 is 26.7. The molecule has 0 saturated heterocycles. The molecule has 2 aromatic carbocycles. The molecule has 0 saturated carbocycles. The van der Waals surface area contributed by atoms with Gasteiger partial charge in [0.25, 0.3) is 0 Å². The molecule has 0 fully saturated rings. The van der Waals surface area contributed by atoms with Crippen molar-refractivity contribution >= 4 is 21.8 Å². The SMILES string of the molecule is CCCCNC(=O)[C@H](C)N(Cc1ccccc1C)C(=O)CCCN(C)S(=O)(=O)c1ccccc1. The highest BCUT2D eigenvalue weighted by Crippen LogP contribution is 2.17. The van der Waals surface area contributed by atoms with E-state index in [1.807, 2.05) is 31.2 Å². The van der Waals surface area contributed by atoms with Crippen molar-refractivity contribution in [3.05, 3.63) is 65.7 Å². The summed E-state index contributed by atoms with van der Waals surface area (Å²) in [7, 11) is -2.09. The molecule has 0 spiro atoms. The molecule has 0 aliphatic rings. The third-order valence-electron chi connectivity index (χ3n) is 5.91. The lowest BCUT2D eigenvalue weighted by molar-refractivity contribution is -0.140. The second kappa shape index (κ2) is 13.2. The molecule has 0 unspecified atom stereocenters. The Labute approximate surface area is 204 Å². The molecule has 0 bridgehead atoms. The smallest absolute Gasteiger partial charge is 0.242 e. The summed E-state index contributed by atoms with van der Waals surface area (Å²) in [5, 5.41) is 2.91. The van der Waals surface area contributed by atoms with Gasteiger partial charge in [-0.05, 0) is 49.9 Å². The largest absolute Gasteiger partial charge is 0.354 e. The van der Waals surface area contributed by atoms with E-state index in [1.54, 1.807) is 42.2 Å². The second-order valence-electron chi connectivity index (χ2n) is 8.51. The van der Waals surface area contributed by atoms with Gasteiger partial charge in [-0.2, -0.15) is 0 Å². The first kappa shape index (κ1) is 27.5. The Bertz CT molecular complexity index is 1040. The Kier molecular flexibility index (Phi) is 10.7. The molecule has 0 radical (unpaired) electrons. The van der Waals surface area contributed by atoms with Gasteiger partial charge in [0.05, 0.1) is 4.90 Å². The number of hydrogen-bond donors (Lipinski definition) is 1. The highest BCUT2D eigenvalue weighted by molar-refractivity contribution is 7.89. The van der Waals surface area contributed by atoms with E-state index in [4.69, 9.17) is 0 Å². The predicted octanol–water partition coefficient (Wildman–Crippen LogP) is 3.73. The minimum absolute atomic E-state index is 0.146. The van der Waals surface area contributed by atoms with Crippen LogP contribution in [-0.4, -0.2) is 55.6 Å². The van der Waals surface area contributed by atoms with Gasteiger partial charge in [0.2, 0.25) is 21.8 Å². The van der Waals surface area contributed by atoms with Crippen LogP contribution in [0.15, 0.2) is 59.5 Å². The van der Waals surface area contributed by atoms with Gasteiger partial charge in [-0.15, -0.1) is 0 Å². The highest BCUT2D eigenvalue weighted by atomic mass is 32.2. The summed E-state index contributed by atoms with van der Waals surface area (Å²) >= 11 is 0. The third kappa shape index (κ3) is 7.67. The van der Waals surface area contributed by atoms with Crippen molar-refractivity contribution in [3.63, 3.8) is 0 Å². The second-order valence-corrected chi connectivity index (χ2v) is 10.6. The van der Waals surface area contributed by atoms with Crippen molar-refractivity contribution in [1.82, 2.24) is 14.5 Å². The van der Waals surface area contributed by atoms with Gasteiger partial charge in [-0.25, -0.2) is 12.7 Å². The van der Waals surface area contributed by atoms with E-state index < -0.39 is 16.1 Å². The number of nitrogens with one attached hydrogen (secondary N) is 1. The number of carbonyl (C=O) groups is 2. The van der Waals surface area contributed by atoms with Crippen molar-refractivity contribution in [2.24, 2.45) is 0 Å². The number of nitrogens with zero attached hydrogens (tertiary/aromatic N) is 2. The summed E-state index contributed by atoms with van der Waals surface area (Å²) in [5.41, 5.74) is 2.03. The number of rotatable bonds is 13. The molecule has 2 rings (SSSR count). The summed E-state index contributed by atoms with van der Waals surface area (Å²) in [4.78, 5) is 27.7. The van der Waals surface area contributed by atoms with Crippen LogP contribution in [0.2, 0.25) is 0 Å². The maximum absolute atomic E-state index is 13.2. The van der Waals surface area contributed by atoms with Crippen molar-refractivity contribution in [2.45, 2.75) is 63.9 Å². The fraction of sp³-hybridized carbons (Fsp3) is 0.462. The zero-order valence-corrected chi connectivity index (χ0v) is 21.5. The molecule has 0 aliphatic carbocycles. The average molecular weight is 488 g/mol. The van der Waals surface area contributed by atoms with E-state index in [0.29, 0.717) is 19.5 Å². The number of benzene rings is 2. The molecule has 2 amide bonds. The number of sulfonamides is 1. The molecule has 186 valence electrons. The van der Waals surface area contributed by atoms with E-state index >= 15 is 0 Å². The predicted molar refractivity (Wildman–Crippen MR) is 135 cm³/mol. The Hall–Kier alpha value is -2.71. The first-order chi connectivity index (χ1) is 16.2. The summed E-state index contributed by atoms with van der Waals surface area (Å²) in [6.07, 6.45) is 2.36. The van der Waals surface area contributed by atoms with Crippen molar-refractivity contribution in [3.8, 4) is 0 Å². The topological polar surface area (TPSA) is 86.8 Å². The van der Waals surface area contributed by atoms with E-state index in [1.165, 1.54) is 11.4 Å². The number of amides is 2. The molecule has 0 aromatic heterocycles. The Balaban J connectivity index is 2.07. The van der Waals surface area contributed by atoms with E-state index in [0.717, 1.165) is 24.0 Å². The maximum atomic E-state index is 13.2. The molecule has 1 N–H and O–H groups in total. The van der Waals surface area contributed by atoms with Gasteiger partial charge in [0.15, 0.2) is 0 Å². The first-order valence-electron chi connectivity index (χ1n) is 11.8. The van der Waals surface area contributed by atoms with Gasteiger partial charge < -0.3 is 10.2 Å². The van der Waals surface area contributed by atoms with Crippen molar-refractivity contribution < 1.29 is 18.0 Å². The van der Waals surface area contributed by atoms with Gasteiger partial charge >= 0.3 is 0 Å². The van der Waals surface area contributed by atoms with Gasteiger partial charge in [0, 0.05) is 33.1 Å². The van der Waals surface area contributed by atoms with Crippen molar-refractivity contribution in [2.75, 3.05) is 20.1 Å². The lowest BCUT2D eigenvalue weighted by atomic mass is 10.1. The van der Waals surface area contributed by atoms with E-state index in [2.05, 4.69) is 12.2 Å². The number of carbonyl (C=O) groups excluding carboxylic acids is 2. The van der Waals surface area contributed by atoms with Gasteiger partial charge in [-0.1, -0.05) is 55.8 Å². The molecule has 1 atom stereocenters. The van der Waals surface area contributed by atoms with Crippen LogP contribution in [0.5, 0.6) is 0 Å². The van der Waals surface area contributed by atoms with Crippen LogP contribution in [0.25, 0.3) is 0 Å². The van der Waals surface area contributed by atoms with Crippen molar-refractivity contribution in [1.29, 1.82) is 0 Å². The van der Waals surface area contributed by atoms with Gasteiger partial charge in [-0.3, -0.25) is 9.59 Å². The monoisotopic (exact) mass is 487 g/mol. The maximum Gasteiger partial charge on any atom is 0.242 e. The first-order valence-corrected chi connectivity index (χ1v) is 13.3. The Morgan fingerprint density at radius 2 is 1.65 bits per heavy atom. The summed E-state index contributed by atoms with van der Waals surface area (Å²) in [6.45, 7) is 6.88. The quantitative estimate of drug-likeness (QED) is 0.436. The minimum Gasteiger partial charge on any atom is -0.354 e. The Morgan fingerprint density at radius 1 is 1.00 bits per heavy atom. The molecular formula is C26H37N3O4S. The standard InChI is InChI=1S/C26H37N3O4S/c1-5-6-18-27-26(31)22(3)29(20-23-14-11-10-13-21(23)2)25(30)17-12-19-28(4)34(32,33)24-15-8-7-9-16-24/h7-11,13-16,22H,5-6,12,17-20H2,1-4H3,(H,27,31)/t22-/m0/s1. The fourth-order valence-electron chi connectivity index (χ4n) is 3.58.